The maximum Gasteiger partial charge on any atom is 0.223 e. The number of rotatable bonds is 4. The molecule has 0 unspecified atom stereocenters. The third kappa shape index (κ3) is 3.67. The van der Waals surface area contributed by atoms with Crippen LogP contribution in [0.3, 0.4) is 0 Å². The summed E-state index contributed by atoms with van der Waals surface area (Å²) in [4.78, 5) is 13.7. The normalized spacial score (nSPS) is 16.3. The molecule has 1 heterocycles. The van der Waals surface area contributed by atoms with Crippen molar-refractivity contribution in [2.24, 2.45) is 0 Å². The van der Waals surface area contributed by atoms with E-state index in [1.807, 2.05) is 4.90 Å². The minimum atomic E-state index is -0.278. The number of benzene rings is 1. The molecule has 19 heavy (non-hydrogen) atoms. The van der Waals surface area contributed by atoms with E-state index in [1.165, 1.54) is 12.1 Å². The number of ether oxygens (including phenoxy) is 1. The van der Waals surface area contributed by atoms with Crippen LogP contribution in [0.1, 0.15) is 12.0 Å². The number of hydrogen-bond donors (Lipinski definition) is 1. The van der Waals surface area contributed by atoms with Crippen LogP contribution < -0.4 is 10.1 Å². The van der Waals surface area contributed by atoms with Gasteiger partial charge >= 0.3 is 0 Å². The Hall–Kier alpha value is -1.62. The molecule has 1 N–H and O–H groups in total. The van der Waals surface area contributed by atoms with Gasteiger partial charge in [0.05, 0.1) is 7.11 Å². The van der Waals surface area contributed by atoms with Gasteiger partial charge in [-0.3, -0.25) is 4.79 Å². The van der Waals surface area contributed by atoms with Crippen LogP contribution in [0.4, 0.5) is 4.39 Å². The lowest BCUT2D eigenvalue weighted by molar-refractivity contribution is -0.130. The van der Waals surface area contributed by atoms with Crippen molar-refractivity contribution in [1.82, 2.24) is 10.2 Å². The van der Waals surface area contributed by atoms with Gasteiger partial charge in [-0.05, 0) is 30.2 Å². The van der Waals surface area contributed by atoms with E-state index in [-0.39, 0.29) is 11.7 Å². The molecule has 1 aliphatic heterocycles. The van der Waals surface area contributed by atoms with Crippen LogP contribution in [0.25, 0.3) is 0 Å². The minimum absolute atomic E-state index is 0.153. The Bertz CT molecular complexity index is 451. The highest BCUT2D eigenvalue weighted by Gasteiger charge is 2.16. The summed E-state index contributed by atoms with van der Waals surface area (Å²) in [6.45, 7) is 2.85. The van der Waals surface area contributed by atoms with Gasteiger partial charge in [-0.1, -0.05) is 0 Å². The van der Waals surface area contributed by atoms with E-state index in [4.69, 9.17) is 4.74 Å². The molecule has 1 fully saturated rings. The van der Waals surface area contributed by atoms with Crippen molar-refractivity contribution >= 4 is 5.91 Å². The Morgan fingerprint density at radius 1 is 1.42 bits per heavy atom. The van der Waals surface area contributed by atoms with E-state index >= 15 is 0 Å². The number of carbonyl (C=O) groups is 1. The average Bonchev–Trinajstić information content (AvgIpc) is 2.61. The summed E-state index contributed by atoms with van der Waals surface area (Å²) in [5.74, 6) is 0.543. The second kappa shape index (κ2) is 6.52. The van der Waals surface area contributed by atoms with Gasteiger partial charge in [-0.15, -0.1) is 0 Å². The summed E-state index contributed by atoms with van der Waals surface area (Å²) in [7, 11) is 1.57. The van der Waals surface area contributed by atoms with Crippen LogP contribution in [-0.2, 0) is 11.2 Å². The van der Waals surface area contributed by atoms with Crippen LogP contribution in [0.2, 0.25) is 0 Å². The first-order valence-corrected chi connectivity index (χ1v) is 6.51. The Labute approximate surface area is 112 Å². The van der Waals surface area contributed by atoms with E-state index in [2.05, 4.69) is 5.32 Å². The summed E-state index contributed by atoms with van der Waals surface area (Å²) >= 11 is 0. The largest absolute Gasteiger partial charge is 0.496 e. The number of nitrogens with one attached hydrogen (secondary N) is 1. The molecule has 0 bridgehead atoms. The topological polar surface area (TPSA) is 41.6 Å². The lowest BCUT2D eigenvalue weighted by Crippen LogP contribution is -2.34. The van der Waals surface area contributed by atoms with Gasteiger partial charge in [-0.2, -0.15) is 0 Å². The molecule has 1 aromatic carbocycles. The molecule has 0 atom stereocenters. The summed E-state index contributed by atoms with van der Waals surface area (Å²) < 4.78 is 18.5. The van der Waals surface area contributed by atoms with Gasteiger partial charge in [0.2, 0.25) is 5.91 Å². The molecule has 1 aliphatic rings. The fraction of sp³-hybridized carbons (Fsp3) is 0.500. The molecule has 1 saturated heterocycles. The van der Waals surface area contributed by atoms with Gasteiger partial charge in [-0.25, -0.2) is 4.39 Å². The average molecular weight is 266 g/mol. The molecule has 1 amide bonds. The standard InChI is InChI=1S/C14H19FN2O2/c1-19-13-3-2-12(15)10-11(13)5-8-17-9-7-16-6-4-14(17)18/h2-3,10,16H,4-9H2,1H3. The van der Waals surface area contributed by atoms with Gasteiger partial charge in [0.1, 0.15) is 11.6 Å². The van der Waals surface area contributed by atoms with Gasteiger partial charge < -0.3 is 15.0 Å². The Balaban J connectivity index is 2.01. The summed E-state index contributed by atoms with van der Waals surface area (Å²) in [5, 5.41) is 3.19. The van der Waals surface area contributed by atoms with Crippen molar-refractivity contribution in [2.45, 2.75) is 12.8 Å². The zero-order valence-corrected chi connectivity index (χ0v) is 11.1. The van der Waals surface area contributed by atoms with Crippen molar-refractivity contribution in [3.8, 4) is 5.75 Å². The number of nitrogens with zero attached hydrogens (tertiary/aromatic N) is 1. The summed E-state index contributed by atoms with van der Waals surface area (Å²) in [5.41, 5.74) is 0.799. The van der Waals surface area contributed by atoms with Gasteiger partial charge in [0.15, 0.2) is 0 Å². The van der Waals surface area contributed by atoms with Crippen LogP contribution in [0, 0.1) is 5.82 Å². The second-order valence-electron chi connectivity index (χ2n) is 4.59. The first-order chi connectivity index (χ1) is 9.20. The number of amides is 1. The minimum Gasteiger partial charge on any atom is -0.496 e. The first kappa shape index (κ1) is 13.8. The van der Waals surface area contributed by atoms with E-state index in [0.717, 1.165) is 18.7 Å². The van der Waals surface area contributed by atoms with Crippen LogP contribution in [-0.4, -0.2) is 44.1 Å². The highest BCUT2D eigenvalue weighted by atomic mass is 19.1. The molecule has 0 saturated carbocycles. The zero-order chi connectivity index (χ0) is 13.7. The Morgan fingerprint density at radius 2 is 2.26 bits per heavy atom. The fourth-order valence-corrected chi connectivity index (χ4v) is 2.25. The first-order valence-electron chi connectivity index (χ1n) is 6.51. The Kier molecular flexibility index (Phi) is 4.74. The molecule has 5 heteroatoms. The lowest BCUT2D eigenvalue weighted by Gasteiger charge is -2.20. The van der Waals surface area contributed by atoms with Crippen molar-refractivity contribution in [2.75, 3.05) is 33.3 Å². The molecule has 2 rings (SSSR count). The molecule has 0 aromatic heterocycles. The maximum atomic E-state index is 13.2. The van der Waals surface area contributed by atoms with Gasteiger partial charge in [0.25, 0.3) is 0 Å². The highest BCUT2D eigenvalue weighted by Crippen LogP contribution is 2.20. The molecule has 104 valence electrons. The number of hydrogen-bond acceptors (Lipinski definition) is 3. The van der Waals surface area contributed by atoms with Crippen molar-refractivity contribution in [1.29, 1.82) is 0 Å². The molecule has 0 radical (unpaired) electrons. The molecule has 4 nitrogen and oxygen atoms in total. The van der Waals surface area contributed by atoms with Crippen LogP contribution in [0.15, 0.2) is 18.2 Å². The third-order valence-electron chi connectivity index (χ3n) is 3.32. The molecule has 0 spiro atoms. The van der Waals surface area contributed by atoms with Crippen molar-refractivity contribution in [3.05, 3.63) is 29.6 Å². The predicted octanol–water partition coefficient (Wildman–Crippen LogP) is 1.20. The zero-order valence-electron chi connectivity index (χ0n) is 11.1. The smallest absolute Gasteiger partial charge is 0.223 e. The van der Waals surface area contributed by atoms with Crippen molar-refractivity contribution < 1.29 is 13.9 Å². The summed E-state index contributed by atoms with van der Waals surface area (Å²) in [6.07, 6.45) is 1.13. The SMILES string of the molecule is COc1ccc(F)cc1CCN1CCNCCC1=O. The second-order valence-corrected chi connectivity index (χ2v) is 4.59. The lowest BCUT2D eigenvalue weighted by atomic mass is 10.1. The highest BCUT2D eigenvalue weighted by molar-refractivity contribution is 5.76. The number of halogens is 1. The molecular formula is C14H19FN2O2. The number of methoxy groups -OCH3 is 1. The Morgan fingerprint density at radius 3 is 3.05 bits per heavy atom. The van der Waals surface area contributed by atoms with E-state index in [9.17, 15) is 9.18 Å². The fourth-order valence-electron chi connectivity index (χ4n) is 2.25. The predicted molar refractivity (Wildman–Crippen MR) is 70.7 cm³/mol. The third-order valence-corrected chi connectivity index (χ3v) is 3.32. The number of carbonyl (C=O) groups excluding carboxylic acids is 1. The maximum absolute atomic E-state index is 13.2. The van der Waals surface area contributed by atoms with E-state index in [0.29, 0.717) is 31.7 Å². The van der Waals surface area contributed by atoms with Crippen LogP contribution in [0.5, 0.6) is 5.75 Å². The summed E-state index contributed by atoms with van der Waals surface area (Å²) in [6, 6.07) is 4.47. The quantitative estimate of drug-likeness (QED) is 0.890. The monoisotopic (exact) mass is 266 g/mol. The van der Waals surface area contributed by atoms with Crippen LogP contribution >= 0.6 is 0 Å². The van der Waals surface area contributed by atoms with E-state index < -0.39 is 0 Å². The van der Waals surface area contributed by atoms with Gasteiger partial charge in [0, 0.05) is 32.6 Å². The molecular weight excluding hydrogens is 247 g/mol. The molecule has 0 aliphatic carbocycles. The van der Waals surface area contributed by atoms with Crippen molar-refractivity contribution in [3.63, 3.8) is 0 Å². The molecule has 1 aromatic rings. The van der Waals surface area contributed by atoms with E-state index in [1.54, 1.807) is 13.2 Å².